The Morgan fingerprint density at radius 2 is 1.70 bits per heavy atom. The van der Waals surface area contributed by atoms with E-state index in [4.69, 9.17) is 0 Å². The SMILES string of the molecule is C[C@H]1CCC(=O)N[C@@H]2C(=O)[C@]3(C)[C@@H]1CC[C@H]3[C@@H]1CC[C@H]3CCCC[C@]3(C)[C@H]12. The highest BCUT2D eigenvalue weighted by Crippen LogP contribution is 2.67. The summed E-state index contributed by atoms with van der Waals surface area (Å²) in [5.74, 6) is 3.80. The summed E-state index contributed by atoms with van der Waals surface area (Å²) in [6, 6.07) is -0.222. The van der Waals surface area contributed by atoms with E-state index in [0.717, 1.165) is 12.3 Å². The molecule has 0 spiro atoms. The minimum absolute atomic E-state index is 0.127. The maximum absolute atomic E-state index is 14.1. The van der Waals surface area contributed by atoms with Crippen LogP contribution in [0.4, 0.5) is 0 Å². The number of carbonyl (C=O) groups excluding carboxylic acids is 2. The predicted octanol–water partition coefficient (Wildman–Crippen LogP) is 4.74. The maximum atomic E-state index is 14.1. The van der Waals surface area contributed by atoms with Gasteiger partial charge in [-0.3, -0.25) is 9.59 Å². The third kappa shape index (κ3) is 2.32. The zero-order valence-corrected chi connectivity index (χ0v) is 17.4. The molecule has 0 aromatic heterocycles. The van der Waals surface area contributed by atoms with Crippen LogP contribution in [0.5, 0.6) is 0 Å². The van der Waals surface area contributed by atoms with E-state index in [-0.39, 0.29) is 22.8 Å². The van der Waals surface area contributed by atoms with E-state index < -0.39 is 0 Å². The molecule has 2 bridgehead atoms. The van der Waals surface area contributed by atoms with Crippen molar-refractivity contribution in [3.63, 3.8) is 0 Å². The molecule has 4 saturated carbocycles. The quantitative estimate of drug-likeness (QED) is 0.668. The molecule has 1 heterocycles. The Bertz CT molecular complexity index is 659. The van der Waals surface area contributed by atoms with Gasteiger partial charge in [0, 0.05) is 11.8 Å². The molecule has 1 aliphatic heterocycles. The number of amides is 1. The van der Waals surface area contributed by atoms with Crippen LogP contribution >= 0.6 is 0 Å². The summed E-state index contributed by atoms with van der Waals surface area (Å²) in [5, 5.41) is 3.32. The highest BCUT2D eigenvalue weighted by molar-refractivity contribution is 5.95. The third-order valence-corrected chi connectivity index (χ3v) is 10.4. The summed E-state index contributed by atoms with van der Waals surface area (Å²) in [6.07, 6.45) is 11.8. The Balaban J connectivity index is 1.63. The molecule has 0 aromatic carbocycles. The maximum Gasteiger partial charge on any atom is 0.220 e. The van der Waals surface area contributed by atoms with Crippen LogP contribution in [-0.2, 0) is 9.59 Å². The van der Waals surface area contributed by atoms with E-state index in [1.54, 1.807) is 0 Å². The van der Waals surface area contributed by atoms with Crippen LogP contribution in [0.3, 0.4) is 0 Å². The molecule has 9 atom stereocenters. The number of hydrogen-bond donors (Lipinski definition) is 1. The Morgan fingerprint density at radius 1 is 0.926 bits per heavy atom. The molecule has 27 heavy (non-hydrogen) atoms. The van der Waals surface area contributed by atoms with E-state index in [1.165, 1.54) is 51.4 Å². The standard InChI is InChI=1S/C24H37NO2/c1-14-7-12-19(26)25-21-20-16(9-8-15-6-4-5-13-23(15,20)2)18-11-10-17(14)24(18,3)22(21)27/h14-18,20-21H,4-13H2,1-3H3,(H,25,26)/t14-,15+,16-,17+,18-,20+,21-,23-,24+/m0/s1. The van der Waals surface area contributed by atoms with Crippen molar-refractivity contribution < 1.29 is 9.59 Å². The first-order valence-corrected chi connectivity index (χ1v) is 11.7. The fourth-order valence-electron chi connectivity index (χ4n) is 9.08. The Kier molecular flexibility index (Phi) is 4.09. The highest BCUT2D eigenvalue weighted by atomic mass is 16.2. The van der Waals surface area contributed by atoms with Crippen molar-refractivity contribution in [1.29, 1.82) is 0 Å². The van der Waals surface area contributed by atoms with Gasteiger partial charge in [-0.05, 0) is 85.9 Å². The molecule has 0 unspecified atom stereocenters. The molecule has 5 aliphatic rings. The minimum Gasteiger partial charge on any atom is -0.346 e. The smallest absolute Gasteiger partial charge is 0.220 e. The number of fused-ring (bicyclic) bond motifs is 6. The molecule has 5 fully saturated rings. The normalized spacial score (nSPS) is 54.9. The van der Waals surface area contributed by atoms with Crippen molar-refractivity contribution >= 4 is 11.7 Å². The van der Waals surface area contributed by atoms with Crippen LogP contribution in [0.25, 0.3) is 0 Å². The second-order valence-corrected chi connectivity index (χ2v) is 11.2. The zero-order chi connectivity index (χ0) is 19.0. The highest BCUT2D eigenvalue weighted by Gasteiger charge is 2.67. The van der Waals surface area contributed by atoms with E-state index in [9.17, 15) is 9.59 Å². The van der Waals surface area contributed by atoms with Crippen LogP contribution in [0.2, 0.25) is 0 Å². The third-order valence-electron chi connectivity index (χ3n) is 10.4. The number of nitrogens with one attached hydrogen (secondary N) is 1. The van der Waals surface area contributed by atoms with Gasteiger partial charge in [-0.15, -0.1) is 0 Å². The van der Waals surface area contributed by atoms with Crippen molar-refractivity contribution in [2.45, 2.75) is 91.0 Å². The van der Waals surface area contributed by atoms with Gasteiger partial charge in [0.05, 0.1) is 6.04 Å². The summed E-state index contributed by atoms with van der Waals surface area (Å²) in [4.78, 5) is 26.8. The topological polar surface area (TPSA) is 46.2 Å². The van der Waals surface area contributed by atoms with Gasteiger partial charge in [0.1, 0.15) is 0 Å². The summed E-state index contributed by atoms with van der Waals surface area (Å²) in [6.45, 7) is 7.08. The van der Waals surface area contributed by atoms with Gasteiger partial charge in [-0.25, -0.2) is 0 Å². The van der Waals surface area contributed by atoms with Gasteiger partial charge >= 0.3 is 0 Å². The molecule has 1 amide bonds. The Hall–Kier alpha value is -0.860. The molecule has 3 nitrogen and oxygen atoms in total. The number of ketones is 1. The van der Waals surface area contributed by atoms with E-state index in [1.807, 2.05) is 0 Å². The van der Waals surface area contributed by atoms with Gasteiger partial charge in [0.25, 0.3) is 0 Å². The van der Waals surface area contributed by atoms with E-state index >= 15 is 0 Å². The van der Waals surface area contributed by atoms with Crippen molar-refractivity contribution in [3.8, 4) is 0 Å². The molecule has 150 valence electrons. The summed E-state index contributed by atoms with van der Waals surface area (Å²) in [7, 11) is 0. The number of rotatable bonds is 0. The molecule has 5 rings (SSSR count). The van der Waals surface area contributed by atoms with Crippen LogP contribution in [-0.4, -0.2) is 17.7 Å². The van der Waals surface area contributed by atoms with E-state index in [2.05, 4.69) is 26.1 Å². The van der Waals surface area contributed by atoms with Crippen LogP contribution < -0.4 is 5.32 Å². The Morgan fingerprint density at radius 3 is 2.52 bits per heavy atom. The largest absolute Gasteiger partial charge is 0.346 e. The predicted molar refractivity (Wildman–Crippen MR) is 106 cm³/mol. The Labute approximate surface area is 164 Å². The van der Waals surface area contributed by atoms with Crippen LogP contribution in [0.15, 0.2) is 0 Å². The molecular weight excluding hydrogens is 334 g/mol. The molecule has 3 heteroatoms. The van der Waals surface area contributed by atoms with Crippen LogP contribution in [0.1, 0.15) is 85.0 Å². The first-order chi connectivity index (χ1) is 12.9. The number of Topliss-reactive ketones (excluding diaryl/α,β-unsaturated/α-hetero) is 1. The molecule has 1 saturated heterocycles. The van der Waals surface area contributed by atoms with Crippen molar-refractivity contribution in [2.75, 3.05) is 0 Å². The first kappa shape index (κ1) is 18.2. The summed E-state index contributed by atoms with van der Waals surface area (Å²) < 4.78 is 0. The average Bonchev–Trinajstić information content (AvgIpc) is 3.00. The van der Waals surface area contributed by atoms with Crippen LogP contribution in [0, 0.1) is 46.3 Å². The fraction of sp³-hybridized carbons (Fsp3) is 0.917. The lowest BCUT2D eigenvalue weighted by Gasteiger charge is -2.62. The number of hydrogen-bond acceptors (Lipinski definition) is 2. The van der Waals surface area contributed by atoms with Crippen molar-refractivity contribution in [2.24, 2.45) is 46.3 Å². The van der Waals surface area contributed by atoms with Crippen molar-refractivity contribution in [3.05, 3.63) is 0 Å². The fourth-order valence-corrected chi connectivity index (χ4v) is 9.08. The van der Waals surface area contributed by atoms with Gasteiger partial charge in [0.15, 0.2) is 5.78 Å². The molecule has 1 N–H and O–H groups in total. The molecular formula is C24H37NO2. The first-order valence-electron chi connectivity index (χ1n) is 11.7. The number of carbonyl (C=O) groups is 2. The van der Waals surface area contributed by atoms with E-state index in [0.29, 0.717) is 41.8 Å². The van der Waals surface area contributed by atoms with Gasteiger partial charge in [0.2, 0.25) is 5.91 Å². The second kappa shape index (κ2) is 6.07. The molecule has 0 aromatic rings. The molecule has 0 radical (unpaired) electrons. The lowest BCUT2D eigenvalue weighted by molar-refractivity contribution is -0.165. The monoisotopic (exact) mass is 371 g/mol. The average molecular weight is 372 g/mol. The van der Waals surface area contributed by atoms with Crippen molar-refractivity contribution in [1.82, 2.24) is 5.32 Å². The zero-order valence-electron chi connectivity index (χ0n) is 17.4. The minimum atomic E-state index is -0.222. The second-order valence-electron chi connectivity index (χ2n) is 11.2. The lowest BCUT2D eigenvalue weighted by atomic mass is 9.43. The van der Waals surface area contributed by atoms with Gasteiger partial charge in [-0.1, -0.05) is 33.6 Å². The summed E-state index contributed by atoms with van der Waals surface area (Å²) >= 11 is 0. The molecule has 4 aliphatic carbocycles. The lowest BCUT2D eigenvalue weighted by Crippen LogP contribution is -2.67. The summed E-state index contributed by atoms with van der Waals surface area (Å²) in [5.41, 5.74) is 0.0363. The van der Waals surface area contributed by atoms with Gasteiger partial charge in [-0.2, -0.15) is 0 Å². The van der Waals surface area contributed by atoms with Gasteiger partial charge < -0.3 is 5.32 Å².